The lowest BCUT2D eigenvalue weighted by Crippen LogP contribution is -2.40. The zero-order chi connectivity index (χ0) is 13.3. The Kier molecular flexibility index (Phi) is 8.35. The molecule has 6 heteroatoms. The Morgan fingerprint density at radius 2 is 1.76 bits per heavy atom. The Balaban J connectivity index is 4.21. The monoisotopic (exact) mass is 246 g/mol. The fourth-order valence-corrected chi connectivity index (χ4v) is 1.26. The molecule has 17 heavy (non-hydrogen) atoms. The zero-order valence-electron chi connectivity index (χ0n) is 11.1. The molecule has 0 aromatic heterocycles. The van der Waals surface area contributed by atoms with Gasteiger partial charge in [0.25, 0.3) is 0 Å². The van der Waals surface area contributed by atoms with E-state index in [0.717, 1.165) is 0 Å². The van der Waals surface area contributed by atoms with Crippen LogP contribution in [0.4, 0.5) is 0 Å². The largest absolute Gasteiger partial charge is 0.469 e. The highest BCUT2D eigenvalue weighted by Crippen LogP contribution is 1.96. The lowest BCUT2D eigenvalue weighted by Gasteiger charge is -2.23. The lowest BCUT2D eigenvalue weighted by molar-refractivity contribution is -0.142. The van der Waals surface area contributed by atoms with Crippen LogP contribution in [-0.4, -0.2) is 76.2 Å². The van der Waals surface area contributed by atoms with Crippen LogP contribution in [0.2, 0.25) is 0 Å². The van der Waals surface area contributed by atoms with Gasteiger partial charge >= 0.3 is 5.97 Å². The van der Waals surface area contributed by atoms with E-state index in [4.69, 9.17) is 4.74 Å². The van der Waals surface area contributed by atoms with Crippen molar-refractivity contribution in [1.29, 1.82) is 0 Å². The third-order valence-corrected chi connectivity index (χ3v) is 2.18. The number of nitrogens with zero attached hydrogens (tertiary/aromatic N) is 2. The average Bonchev–Trinajstić information content (AvgIpc) is 2.27. The summed E-state index contributed by atoms with van der Waals surface area (Å²) in [7, 11) is 6.57. The predicted molar refractivity (Wildman–Crippen MR) is 63.6 cm³/mol. The van der Waals surface area contributed by atoms with Crippen molar-refractivity contribution in [3.8, 4) is 0 Å². The molecule has 0 N–H and O–H groups in total. The SMILES string of the molecule is COCCN(CCC(=O)OC)C(=O)CN(C)C. The summed E-state index contributed by atoms with van der Waals surface area (Å²) in [5.74, 6) is -0.332. The summed E-state index contributed by atoms with van der Waals surface area (Å²) in [4.78, 5) is 26.3. The highest BCUT2D eigenvalue weighted by molar-refractivity contribution is 5.79. The number of carbonyl (C=O) groups is 2. The first kappa shape index (κ1) is 15.9. The van der Waals surface area contributed by atoms with Crippen LogP contribution >= 0.6 is 0 Å². The molecule has 0 fully saturated rings. The summed E-state index contributed by atoms with van der Waals surface area (Å²) in [6, 6.07) is 0. The van der Waals surface area contributed by atoms with E-state index in [1.807, 2.05) is 14.1 Å². The third kappa shape index (κ3) is 7.70. The number of likely N-dealkylation sites (N-methyl/N-ethyl adjacent to an activating group) is 1. The van der Waals surface area contributed by atoms with E-state index < -0.39 is 0 Å². The number of ether oxygens (including phenoxy) is 2. The Labute approximate surface area is 102 Å². The third-order valence-electron chi connectivity index (χ3n) is 2.18. The zero-order valence-corrected chi connectivity index (χ0v) is 11.1. The van der Waals surface area contributed by atoms with Crippen molar-refractivity contribution in [1.82, 2.24) is 9.80 Å². The number of hydrogen-bond acceptors (Lipinski definition) is 5. The van der Waals surface area contributed by atoms with Crippen LogP contribution in [0.3, 0.4) is 0 Å². The summed E-state index contributed by atoms with van der Waals surface area (Å²) >= 11 is 0. The van der Waals surface area contributed by atoms with Gasteiger partial charge in [-0.05, 0) is 14.1 Å². The smallest absolute Gasteiger partial charge is 0.307 e. The van der Waals surface area contributed by atoms with Gasteiger partial charge in [-0.3, -0.25) is 9.59 Å². The molecule has 0 spiro atoms. The molecule has 0 aromatic rings. The molecule has 0 bridgehead atoms. The fraction of sp³-hybridized carbons (Fsp3) is 0.818. The predicted octanol–water partition coefficient (Wildman–Crippen LogP) is -0.414. The van der Waals surface area contributed by atoms with Gasteiger partial charge in [0, 0.05) is 20.2 Å². The van der Waals surface area contributed by atoms with Crippen LogP contribution in [0.25, 0.3) is 0 Å². The second-order valence-electron chi connectivity index (χ2n) is 3.94. The van der Waals surface area contributed by atoms with Gasteiger partial charge in [0.05, 0.1) is 26.7 Å². The number of carbonyl (C=O) groups excluding carboxylic acids is 2. The topological polar surface area (TPSA) is 59.1 Å². The molecule has 0 saturated heterocycles. The molecule has 0 radical (unpaired) electrons. The van der Waals surface area contributed by atoms with Crippen LogP contribution in [0.1, 0.15) is 6.42 Å². The standard InChI is InChI=1S/C11H22N2O4/c1-12(2)9-10(14)13(7-8-16-3)6-5-11(15)17-4/h5-9H2,1-4H3. The first-order chi connectivity index (χ1) is 8.01. The van der Waals surface area contributed by atoms with Crippen LogP contribution in [-0.2, 0) is 19.1 Å². The molecule has 1 amide bonds. The summed E-state index contributed by atoms with van der Waals surface area (Å²) in [5.41, 5.74) is 0. The fourth-order valence-electron chi connectivity index (χ4n) is 1.26. The molecule has 0 aliphatic heterocycles. The van der Waals surface area contributed by atoms with Gasteiger partial charge in [0.2, 0.25) is 5.91 Å². The second kappa shape index (κ2) is 8.95. The van der Waals surface area contributed by atoms with Gasteiger partial charge in [-0.2, -0.15) is 0 Å². The molecule has 0 saturated carbocycles. The van der Waals surface area contributed by atoms with E-state index in [-0.39, 0.29) is 18.3 Å². The van der Waals surface area contributed by atoms with Crippen LogP contribution < -0.4 is 0 Å². The highest BCUT2D eigenvalue weighted by Gasteiger charge is 2.15. The number of esters is 1. The van der Waals surface area contributed by atoms with Crippen molar-refractivity contribution in [3.05, 3.63) is 0 Å². The minimum atomic E-state index is -0.315. The van der Waals surface area contributed by atoms with Gasteiger partial charge in [-0.25, -0.2) is 0 Å². The van der Waals surface area contributed by atoms with E-state index in [9.17, 15) is 9.59 Å². The van der Waals surface area contributed by atoms with Gasteiger partial charge in [-0.15, -0.1) is 0 Å². The number of hydrogen-bond donors (Lipinski definition) is 0. The summed E-state index contributed by atoms with van der Waals surface area (Å²) < 4.78 is 9.48. The summed E-state index contributed by atoms with van der Waals surface area (Å²) in [5, 5.41) is 0. The maximum atomic E-state index is 11.8. The molecule has 0 aromatic carbocycles. The van der Waals surface area contributed by atoms with Crippen molar-refractivity contribution < 1.29 is 19.1 Å². The normalized spacial score (nSPS) is 10.4. The molecule has 0 aliphatic rings. The van der Waals surface area contributed by atoms with Crippen molar-refractivity contribution in [2.45, 2.75) is 6.42 Å². The minimum absolute atomic E-state index is 0.0176. The maximum absolute atomic E-state index is 11.8. The van der Waals surface area contributed by atoms with E-state index in [1.54, 1.807) is 16.9 Å². The molecular weight excluding hydrogens is 224 g/mol. The van der Waals surface area contributed by atoms with Gasteiger partial charge in [0.15, 0.2) is 0 Å². The number of rotatable bonds is 8. The molecular formula is C11H22N2O4. The van der Waals surface area contributed by atoms with Gasteiger partial charge in [0.1, 0.15) is 0 Å². The molecule has 100 valence electrons. The van der Waals surface area contributed by atoms with E-state index in [2.05, 4.69) is 4.74 Å². The van der Waals surface area contributed by atoms with Gasteiger partial charge in [-0.1, -0.05) is 0 Å². The van der Waals surface area contributed by atoms with Crippen molar-refractivity contribution in [2.75, 3.05) is 54.6 Å². The van der Waals surface area contributed by atoms with Crippen LogP contribution in [0, 0.1) is 0 Å². The summed E-state index contributed by atoms with van der Waals surface area (Å²) in [6.45, 7) is 1.63. The average molecular weight is 246 g/mol. The number of methoxy groups -OCH3 is 2. The number of amides is 1. The van der Waals surface area contributed by atoms with Gasteiger partial charge < -0.3 is 19.3 Å². The van der Waals surface area contributed by atoms with Crippen molar-refractivity contribution in [2.24, 2.45) is 0 Å². The first-order valence-corrected chi connectivity index (χ1v) is 5.49. The van der Waals surface area contributed by atoms with Crippen LogP contribution in [0.5, 0.6) is 0 Å². The molecule has 0 atom stereocenters. The first-order valence-electron chi connectivity index (χ1n) is 5.49. The highest BCUT2D eigenvalue weighted by atomic mass is 16.5. The van der Waals surface area contributed by atoms with E-state index in [0.29, 0.717) is 26.2 Å². The Morgan fingerprint density at radius 1 is 1.12 bits per heavy atom. The molecule has 0 rings (SSSR count). The Morgan fingerprint density at radius 3 is 2.24 bits per heavy atom. The summed E-state index contributed by atoms with van der Waals surface area (Å²) in [6.07, 6.45) is 0.208. The molecule has 0 aliphatic carbocycles. The van der Waals surface area contributed by atoms with Crippen molar-refractivity contribution >= 4 is 11.9 Å². The van der Waals surface area contributed by atoms with E-state index in [1.165, 1.54) is 7.11 Å². The maximum Gasteiger partial charge on any atom is 0.307 e. The second-order valence-corrected chi connectivity index (χ2v) is 3.94. The Hall–Kier alpha value is -1.14. The quantitative estimate of drug-likeness (QED) is 0.545. The van der Waals surface area contributed by atoms with E-state index >= 15 is 0 Å². The molecule has 6 nitrogen and oxygen atoms in total. The van der Waals surface area contributed by atoms with Crippen molar-refractivity contribution in [3.63, 3.8) is 0 Å². The minimum Gasteiger partial charge on any atom is -0.469 e. The van der Waals surface area contributed by atoms with Crippen LogP contribution in [0.15, 0.2) is 0 Å². The Bertz CT molecular complexity index is 244. The lowest BCUT2D eigenvalue weighted by atomic mass is 10.3. The molecule has 0 heterocycles. The molecule has 0 unspecified atom stereocenters.